The Kier molecular flexibility index (Phi) is 4.40. The Bertz CT molecular complexity index is 186. The minimum atomic E-state index is -4.07. The van der Waals surface area contributed by atoms with E-state index in [2.05, 4.69) is 5.32 Å². The number of hydrogen-bond donors (Lipinski definition) is 1. The Labute approximate surface area is 88.8 Å². The van der Waals surface area contributed by atoms with Crippen LogP contribution >= 0.6 is 0 Å². The number of alkyl halides is 3. The molecule has 2 nitrogen and oxygen atoms in total. The monoisotopic (exact) mass is 224 g/mol. The maximum Gasteiger partial charge on any atom is 0.401 e. The zero-order chi connectivity index (χ0) is 11.5. The van der Waals surface area contributed by atoms with E-state index in [0.29, 0.717) is 6.54 Å². The fourth-order valence-electron chi connectivity index (χ4n) is 1.72. The third-order valence-electron chi connectivity index (χ3n) is 2.80. The highest BCUT2D eigenvalue weighted by atomic mass is 19.4. The molecule has 15 heavy (non-hydrogen) atoms. The molecule has 1 saturated carbocycles. The normalized spacial score (nSPS) is 19.6. The van der Waals surface area contributed by atoms with Crippen LogP contribution in [0.4, 0.5) is 13.2 Å². The summed E-state index contributed by atoms with van der Waals surface area (Å²) >= 11 is 0. The van der Waals surface area contributed by atoms with Crippen molar-refractivity contribution in [2.45, 2.75) is 44.4 Å². The Hall–Kier alpha value is -0.290. The van der Waals surface area contributed by atoms with Gasteiger partial charge in [-0.1, -0.05) is 6.92 Å². The van der Waals surface area contributed by atoms with E-state index >= 15 is 0 Å². The summed E-state index contributed by atoms with van der Waals surface area (Å²) in [5, 5.41) is 3.04. The van der Waals surface area contributed by atoms with Gasteiger partial charge in [-0.2, -0.15) is 13.2 Å². The first-order valence-electron chi connectivity index (χ1n) is 5.44. The average molecular weight is 224 g/mol. The van der Waals surface area contributed by atoms with Gasteiger partial charge in [-0.15, -0.1) is 0 Å². The molecular weight excluding hydrogens is 205 g/mol. The lowest BCUT2D eigenvalue weighted by atomic mass is 10.2. The maximum absolute atomic E-state index is 12.3. The topological polar surface area (TPSA) is 15.3 Å². The van der Waals surface area contributed by atoms with E-state index in [-0.39, 0.29) is 12.1 Å². The molecule has 1 N–H and O–H groups in total. The zero-order valence-corrected chi connectivity index (χ0v) is 9.27. The van der Waals surface area contributed by atoms with Gasteiger partial charge in [0, 0.05) is 18.6 Å². The van der Waals surface area contributed by atoms with Crippen LogP contribution in [0.2, 0.25) is 0 Å². The van der Waals surface area contributed by atoms with Gasteiger partial charge in [-0.05, 0) is 26.3 Å². The number of likely N-dealkylation sites (N-methyl/N-ethyl adjacent to an activating group) is 1. The van der Waals surface area contributed by atoms with Crippen LogP contribution in [0, 0.1) is 0 Å². The van der Waals surface area contributed by atoms with Gasteiger partial charge >= 0.3 is 6.18 Å². The van der Waals surface area contributed by atoms with Crippen LogP contribution in [-0.2, 0) is 0 Å². The third-order valence-corrected chi connectivity index (χ3v) is 2.80. The number of rotatable bonds is 6. The van der Waals surface area contributed by atoms with Crippen LogP contribution in [0.25, 0.3) is 0 Å². The first-order chi connectivity index (χ1) is 6.96. The molecule has 0 radical (unpaired) electrons. The minimum Gasteiger partial charge on any atom is -0.316 e. The van der Waals surface area contributed by atoms with Gasteiger partial charge in [0.2, 0.25) is 0 Å². The van der Waals surface area contributed by atoms with Crippen molar-refractivity contribution >= 4 is 0 Å². The van der Waals surface area contributed by atoms with Crippen molar-refractivity contribution in [1.82, 2.24) is 10.2 Å². The molecule has 1 aliphatic rings. The average Bonchev–Trinajstić information content (AvgIpc) is 2.93. The van der Waals surface area contributed by atoms with Gasteiger partial charge in [-0.3, -0.25) is 4.90 Å². The summed E-state index contributed by atoms with van der Waals surface area (Å²) in [4.78, 5) is 1.56. The standard InChI is InChI=1S/C10H19F3N2/c1-3-8(14-2)6-15(9-4-5-9)7-10(11,12)13/h8-9,14H,3-7H2,1-2H3. The summed E-state index contributed by atoms with van der Waals surface area (Å²) in [5.74, 6) is 0. The Balaban J connectivity index is 2.43. The van der Waals surface area contributed by atoms with Crippen molar-refractivity contribution in [3.63, 3.8) is 0 Å². The Morgan fingerprint density at radius 1 is 1.40 bits per heavy atom. The molecular formula is C10H19F3N2. The Morgan fingerprint density at radius 2 is 2.00 bits per heavy atom. The lowest BCUT2D eigenvalue weighted by Gasteiger charge is -2.27. The van der Waals surface area contributed by atoms with Crippen molar-refractivity contribution in [1.29, 1.82) is 0 Å². The van der Waals surface area contributed by atoms with Gasteiger partial charge in [-0.25, -0.2) is 0 Å². The van der Waals surface area contributed by atoms with E-state index in [1.54, 1.807) is 11.9 Å². The quantitative estimate of drug-likeness (QED) is 0.742. The molecule has 90 valence electrons. The van der Waals surface area contributed by atoms with Crippen LogP contribution < -0.4 is 5.32 Å². The van der Waals surface area contributed by atoms with Gasteiger partial charge in [0.1, 0.15) is 0 Å². The first-order valence-corrected chi connectivity index (χ1v) is 5.44. The number of hydrogen-bond acceptors (Lipinski definition) is 2. The fraction of sp³-hybridized carbons (Fsp3) is 1.00. The molecule has 0 aromatic carbocycles. The maximum atomic E-state index is 12.3. The second-order valence-corrected chi connectivity index (χ2v) is 4.17. The molecule has 0 spiro atoms. The van der Waals surface area contributed by atoms with E-state index in [0.717, 1.165) is 19.3 Å². The molecule has 0 heterocycles. The molecule has 0 aromatic rings. The molecule has 1 unspecified atom stereocenters. The lowest BCUT2D eigenvalue weighted by molar-refractivity contribution is -0.147. The van der Waals surface area contributed by atoms with Crippen LogP contribution in [0.3, 0.4) is 0 Å². The summed E-state index contributed by atoms with van der Waals surface area (Å²) in [7, 11) is 1.80. The van der Waals surface area contributed by atoms with Gasteiger partial charge in [0.25, 0.3) is 0 Å². The third kappa shape index (κ3) is 4.84. The highest BCUT2D eigenvalue weighted by Gasteiger charge is 2.38. The van der Waals surface area contributed by atoms with Crippen molar-refractivity contribution in [2.24, 2.45) is 0 Å². The lowest BCUT2D eigenvalue weighted by Crippen LogP contribution is -2.44. The molecule has 0 saturated heterocycles. The number of halogens is 3. The molecule has 0 aliphatic heterocycles. The van der Waals surface area contributed by atoms with Crippen LogP contribution in [0.5, 0.6) is 0 Å². The van der Waals surface area contributed by atoms with E-state index in [1.165, 1.54) is 0 Å². The summed E-state index contributed by atoms with van der Waals surface area (Å²) < 4.78 is 36.9. The SMILES string of the molecule is CCC(CN(CC(F)(F)F)C1CC1)NC. The van der Waals surface area contributed by atoms with Crippen LogP contribution in [0.1, 0.15) is 26.2 Å². The molecule has 0 aromatic heterocycles. The molecule has 5 heteroatoms. The first kappa shape index (κ1) is 12.8. The van der Waals surface area contributed by atoms with Gasteiger partial charge in [0.05, 0.1) is 6.54 Å². The van der Waals surface area contributed by atoms with Crippen LogP contribution in [-0.4, -0.2) is 43.3 Å². The van der Waals surface area contributed by atoms with E-state index in [4.69, 9.17) is 0 Å². The largest absolute Gasteiger partial charge is 0.401 e. The van der Waals surface area contributed by atoms with Crippen molar-refractivity contribution < 1.29 is 13.2 Å². The summed E-state index contributed by atoms with van der Waals surface area (Å²) in [6, 6.07) is 0.321. The molecule has 0 bridgehead atoms. The summed E-state index contributed by atoms with van der Waals surface area (Å²) in [6.45, 7) is 1.72. The summed E-state index contributed by atoms with van der Waals surface area (Å²) in [5.41, 5.74) is 0. The molecule has 0 amide bonds. The minimum absolute atomic E-state index is 0.160. The van der Waals surface area contributed by atoms with E-state index in [9.17, 15) is 13.2 Å². The smallest absolute Gasteiger partial charge is 0.316 e. The molecule has 1 atom stereocenters. The zero-order valence-electron chi connectivity index (χ0n) is 9.27. The van der Waals surface area contributed by atoms with Gasteiger partial charge in [0.15, 0.2) is 0 Å². The fourth-order valence-corrected chi connectivity index (χ4v) is 1.72. The van der Waals surface area contributed by atoms with Crippen molar-refractivity contribution in [3.8, 4) is 0 Å². The van der Waals surface area contributed by atoms with Gasteiger partial charge < -0.3 is 5.32 Å². The predicted molar refractivity (Wildman–Crippen MR) is 53.8 cm³/mol. The van der Waals surface area contributed by atoms with Crippen LogP contribution in [0.15, 0.2) is 0 Å². The highest BCUT2D eigenvalue weighted by molar-refractivity contribution is 4.87. The number of nitrogens with zero attached hydrogens (tertiary/aromatic N) is 1. The summed E-state index contributed by atoms with van der Waals surface area (Å²) in [6.07, 6.45) is -1.39. The van der Waals surface area contributed by atoms with E-state index in [1.807, 2.05) is 6.92 Å². The molecule has 1 fully saturated rings. The van der Waals surface area contributed by atoms with Crippen molar-refractivity contribution in [2.75, 3.05) is 20.1 Å². The number of nitrogens with one attached hydrogen (secondary N) is 1. The Morgan fingerprint density at radius 3 is 2.33 bits per heavy atom. The van der Waals surface area contributed by atoms with Crippen molar-refractivity contribution in [3.05, 3.63) is 0 Å². The molecule has 1 rings (SSSR count). The predicted octanol–water partition coefficient (Wildman–Crippen LogP) is 2.01. The second kappa shape index (κ2) is 5.16. The molecule has 1 aliphatic carbocycles. The second-order valence-electron chi connectivity index (χ2n) is 4.17. The highest BCUT2D eigenvalue weighted by Crippen LogP contribution is 2.30. The van der Waals surface area contributed by atoms with E-state index < -0.39 is 12.7 Å².